The van der Waals surface area contributed by atoms with Crippen molar-refractivity contribution in [3.63, 3.8) is 0 Å². The summed E-state index contributed by atoms with van der Waals surface area (Å²) >= 11 is 17.8. The topological polar surface area (TPSA) is 21.3 Å². The van der Waals surface area contributed by atoms with E-state index < -0.39 is 0 Å². The third-order valence-electron chi connectivity index (χ3n) is 2.08. The first-order chi connectivity index (χ1) is 8.00. The first-order valence-corrected chi connectivity index (χ1v) is 6.65. The number of benzene rings is 1. The maximum absolute atomic E-state index is 5.99. The van der Waals surface area contributed by atoms with Crippen LogP contribution in [0.15, 0.2) is 12.1 Å². The van der Waals surface area contributed by atoms with E-state index in [1.807, 2.05) is 0 Å². The molecule has 1 aromatic carbocycles. The molecule has 0 spiro atoms. The van der Waals surface area contributed by atoms with Crippen LogP contribution in [0.25, 0.3) is 0 Å². The van der Waals surface area contributed by atoms with Gasteiger partial charge in [-0.1, -0.05) is 48.7 Å². The molecule has 1 rings (SSSR count). The zero-order chi connectivity index (χ0) is 12.8. The fourth-order valence-corrected chi connectivity index (χ4v) is 2.23. The quantitative estimate of drug-likeness (QED) is 0.785. The molecule has 0 saturated carbocycles. The minimum absolute atomic E-state index is 0.444. The van der Waals surface area contributed by atoms with Crippen molar-refractivity contribution in [1.82, 2.24) is 5.32 Å². The number of ether oxygens (including phenoxy) is 1. The summed E-state index contributed by atoms with van der Waals surface area (Å²) in [6, 6.07) is 3.73. The largest absolute Gasteiger partial charge is 0.490 e. The molecule has 0 heterocycles. The fourth-order valence-electron chi connectivity index (χ4n) is 1.30. The summed E-state index contributed by atoms with van der Waals surface area (Å²) < 4.78 is 5.54. The van der Waals surface area contributed by atoms with Crippen molar-refractivity contribution < 1.29 is 4.74 Å². The average Bonchev–Trinajstić information content (AvgIpc) is 2.20. The van der Waals surface area contributed by atoms with Crippen LogP contribution in [0.5, 0.6) is 5.75 Å². The van der Waals surface area contributed by atoms with Gasteiger partial charge >= 0.3 is 0 Å². The molecule has 2 nitrogen and oxygen atoms in total. The summed E-state index contributed by atoms with van der Waals surface area (Å²) in [6.45, 7) is 5.68. The summed E-state index contributed by atoms with van der Waals surface area (Å²) in [5.74, 6) is 0.502. The second-order valence-corrected chi connectivity index (χ2v) is 5.26. The summed E-state index contributed by atoms with van der Waals surface area (Å²) in [5, 5.41) is 4.70. The second-order valence-electron chi connectivity index (χ2n) is 4.01. The summed E-state index contributed by atoms with van der Waals surface area (Å²) in [6.07, 6.45) is 0.896. The summed E-state index contributed by atoms with van der Waals surface area (Å²) in [4.78, 5) is 0. The molecule has 0 aliphatic heterocycles. The molecule has 1 aromatic rings. The molecule has 0 aliphatic carbocycles. The lowest BCUT2D eigenvalue weighted by atomic mass is 10.3. The molecule has 0 atom stereocenters. The normalized spacial score (nSPS) is 10.9. The predicted octanol–water partition coefficient (Wildman–Crippen LogP) is 4.41. The first kappa shape index (κ1) is 14.9. The van der Waals surface area contributed by atoms with Crippen molar-refractivity contribution >= 4 is 34.8 Å². The molecule has 0 amide bonds. The van der Waals surface area contributed by atoms with Crippen LogP contribution in [-0.2, 0) is 0 Å². The Hall–Kier alpha value is -0.150. The monoisotopic (exact) mass is 295 g/mol. The predicted molar refractivity (Wildman–Crippen MR) is 74.7 cm³/mol. The zero-order valence-electron chi connectivity index (χ0n) is 9.90. The van der Waals surface area contributed by atoms with E-state index in [4.69, 9.17) is 39.5 Å². The Morgan fingerprint density at radius 3 is 2.29 bits per heavy atom. The van der Waals surface area contributed by atoms with Crippen LogP contribution < -0.4 is 10.1 Å². The molecule has 0 radical (unpaired) electrons. The van der Waals surface area contributed by atoms with Crippen molar-refractivity contribution in [2.45, 2.75) is 26.3 Å². The van der Waals surface area contributed by atoms with E-state index in [0.29, 0.717) is 33.5 Å². The van der Waals surface area contributed by atoms with Crippen LogP contribution in [0.4, 0.5) is 0 Å². The van der Waals surface area contributed by atoms with E-state index in [1.54, 1.807) is 12.1 Å². The lowest BCUT2D eigenvalue weighted by molar-refractivity contribution is 0.306. The number of hydrogen-bond acceptors (Lipinski definition) is 2. The van der Waals surface area contributed by atoms with Gasteiger partial charge in [-0.15, -0.1) is 0 Å². The van der Waals surface area contributed by atoms with Gasteiger partial charge in [0.05, 0.1) is 16.7 Å². The molecule has 0 bridgehead atoms. The van der Waals surface area contributed by atoms with Gasteiger partial charge < -0.3 is 10.1 Å². The van der Waals surface area contributed by atoms with Crippen LogP contribution >= 0.6 is 34.8 Å². The van der Waals surface area contributed by atoms with Crippen molar-refractivity contribution in [3.05, 3.63) is 27.2 Å². The smallest absolute Gasteiger partial charge is 0.156 e. The van der Waals surface area contributed by atoms with E-state index in [2.05, 4.69) is 19.2 Å². The maximum atomic E-state index is 5.99. The fraction of sp³-hybridized carbons (Fsp3) is 0.500. The van der Waals surface area contributed by atoms with Gasteiger partial charge in [0.15, 0.2) is 5.75 Å². The summed E-state index contributed by atoms with van der Waals surface area (Å²) in [7, 11) is 0. The van der Waals surface area contributed by atoms with E-state index in [1.165, 1.54) is 0 Å². The summed E-state index contributed by atoms with van der Waals surface area (Å²) in [5.41, 5.74) is 0. The molecule has 1 N–H and O–H groups in total. The van der Waals surface area contributed by atoms with Crippen molar-refractivity contribution in [2.24, 2.45) is 0 Å². The third kappa shape index (κ3) is 5.35. The highest BCUT2D eigenvalue weighted by molar-refractivity contribution is 6.40. The zero-order valence-corrected chi connectivity index (χ0v) is 12.2. The Morgan fingerprint density at radius 1 is 1.18 bits per heavy atom. The van der Waals surface area contributed by atoms with E-state index >= 15 is 0 Å². The van der Waals surface area contributed by atoms with Gasteiger partial charge in [0.2, 0.25) is 0 Å². The minimum atomic E-state index is 0.444. The van der Waals surface area contributed by atoms with Crippen LogP contribution in [0.2, 0.25) is 15.1 Å². The first-order valence-electron chi connectivity index (χ1n) is 5.51. The van der Waals surface area contributed by atoms with E-state index in [9.17, 15) is 0 Å². The Labute approximate surface area is 117 Å². The van der Waals surface area contributed by atoms with Gasteiger partial charge in [-0.3, -0.25) is 0 Å². The highest BCUT2D eigenvalue weighted by Gasteiger charge is 2.08. The highest BCUT2D eigenvalue weighted by atomic mass is 35.5. The van der Waals surface area contributed by atoms with Crippen LogP contribution in [0.1, 0.15) is 20.3 Å². The van der Waals surface area contributed by atoms with Gasteiger partial charge in [-0.2, -0.15) is 0 Å². The Bertz CT molecular complexity index is 346. The Balaban J connectivity index is 2.42. The number of nitrogens with one attached hydrogen (secondary N) is 1. The van der Waals surface area contributed by atoms with Gasteiger partial charge in [0.25, 0.3) is 0 Å². The molecule has 0 aromatic heterocycles. The molecule has 17 heavy (non-hydrogen) atoms. The molecule has 0 saturated heterocycles. The van der Waals surface area contributed by atoms with Crippen LogP contribution in [0, 0.1) is 0 Å². The van der Waals surface area contributed by atoms with Crippen molar-refractivity contribution in [1.29, 1.82) is 0 Å². The molecule has 96 valence electrons. The SMILES string of the molecule is CC(C)NCCCOc1c(Cl)cc(Cl)cc1Cl. The molecule has 0 unspecified atom stereocenters. The van der Waals surface area contributed by atoms with Gasteiger partial charge in [-0.05, 0) is 25.1 Å². The second kappa shape index (κ2) is 7.32. The highest BCUT2D eigenvalue weighted by Crippen LogP contribution is 2.35. The minimum Gasteiger partial charge on any atom is -0.490 e. The lowest BCUT2D eigenvalue weighted by Crippen LogP contribution is -2.24. The molecular weight excluding hydrogens is 280 g/mol. The third-order valence-corrected chi connectivity index (χ3v) is 2.86. The maximum Gasteiger partial charge on any atom is 0.156 e. The van der Waals surface area contributed by atoms with Crippen molar-refractivity contribution in [2.75, 3.05) is 13.2 Å². The van der Waals surface area contributed by atoms with Crippen LogP contribution in [-0.4, -0.2) is 19.2 Å². The standard InChI is InChI=1S/C12H16Cl3NO/c1-8(2)16-4-3-5-17-12-10(14)6-9(13)7-11(12)15/h6-8,16H,3-5H2,1-2H3. The van der Waals surface area contributed by atoms with Gasteiger partial charge in [0.1, 0.15) is 0 Å². The Morgan fingerprint density at radius 2 is 1.76 bits per heavy atom. The Kier molecular flexibility index (Phi) is 6.42. The van der Waals surface area contributed by atoms with Gasteiger partial charge in [0, 0.05) is 11.1 Å². The lowest BCUT2D eigenvalue weighted by Gasteiger charge is -2.11. The molecule has 5 heteroatoms. The average molecular weight is 297 g/mol. The van der Waals surface area contributed by atoms with E-state index in [-0.39, 0.29) is 0 Å². The van der Waals surface area contributed by atoms with Crippen LogP contribution in [0.3, 0.4) is 0 Å². The molecule has 0 fully saturated rings. The number of hydrogen-bond donors (Lipinski definition) is 1. The van der Waals surface area contributed by atoms with E-state index in [0.717, 1.165) is 13.0 Å². The number of halogens is 3. The van der Waals surface area contributed by atoms with Gasteiger partial charge in [-0.25, -0.2) is 0 Å². The molecule has 0 aliphatic rings. The van der Waals surface area contributed by atoms with Crippen molar-refractivity contribution in [3.8, 4) is 5.75 Å². The number of rotatable bonds is 6. The molecular formula is C12H16Cl3NO.